The van der Waals surface area contributed by atoms with Gasteiger partial charge in [-0.2, -0.15) is 0 Å². The quantitative estimate of drug-likeness (QED) is 0.372. The molecule has 42 valence electrons. The molecule has 0 aromatic heterocycles. The minimum Gasteiger partial charge on any atom is -0.402 e. The molecule has 7 heavy (non-hydrogen) atoms. The molecule has 0 aliphatic rings. The zero-order chi connectivity index (χ0) is 6.41. The van der Waals surface area contributed by atoms with Crippen LogP contribution in [0, 0.1) is 0 Å². The van der Waals surface area contributed by atoms with Crippen LogP contribution in [-0.2, 0) is 4.65 Å². The van der Waals surface area contributed by atoms with Gasteiger partial charge in [-0.15, -0.1) is 0 Å². The molecule has 0 aliphatic carbocycles. The molecule has 0 spiro atoms. The van der Waals surface area contributed by atoms with Crippen molar-refractivity contribution in [2.75, 3.05) is 6.61 Å². The number of hydrogen-bond donors (Lipinski definition) is 2. The molecule has 0 radical (unpaired) electrons. The molecule has 0 bridgehead atoms. The molecule has 0 saturated carbocycles. The highest BCUT2D eigenvalue weighted by molar-refractivity contribution is 6.32. The predicted octanol–water partition coefficient (Wildman–Crippen LogP) is -0.617. The van der Waals surface area contributed by atoms with Gasteiger partial charge in [0.1, 0.15) is 0 Å². The first-order valence-corrected chi connectivity index (χ1v) is 2.04. The number of hydrogen-bond acceptors (Lipinski definition) is 3. The smallest absolute Gasteiger partial charge is 0.402 e. The lowest BCUT2D eigenvalue weighted by molar-refractivity contribution is 0.186. The van der Waals surface area contributed by atoms with Crippen LogP contribution in [0.2, 0.25) is 0 Å². The van der Waals surface area contributed by atoms with E-state index in [1.54, 1.807) is 0 Å². The van der Waals surface area contributed by atoms with Gasteiger partial charge in [0, 0.05) is 7.98 Å². The molecule has 0 aromatic rings. The summed E-state index contributed by atoms with van der Waals surface area (Å²) in [4.78, 5) is 0. The fourth-order valence-corrected chi connectivity index (χ4v) is 0.189. The monoisotopic (exact) mass is 106 g/mol. The maximum atomic E-state index is 8.05. The van der Waals surface area contributed by atoms with Gasteiger partial charge in [0.15, 0.2) is 0 Å². The Morgan fingerprint density at radius 2 is 2.57 bits per heavy atom. The molecular weight excluding hydrogens is 94.8 g/mol. The van der Waals surface area contributed by atoms with Crippen LogP contribution in [0.4, 0.5) is 0 Å². The topological polar surface area (TPSA) is 49.7 Å². The van der Waals surface area contributed by atoms with E-state index in [4.69, 9.17) is 11.4 Å². The lowest BCUT2D eigenvalue weighted by atomic mass is 10.3. The van der Waals surface area contributed by atoms with Crippen molar-refractivity contribution >= 4 is 7.32 Å². The van der Waals surface area contributed by atoms with Crippen molar-refractivity contribution < 1.29 is 16.1 Å². The summed E-state index contributed by atoms with van der Waals surface area (Å²) in [7, 11) is -1.68. The Kier molecular flexibility index (Phi) is 2.99. The molecule has 0 fully saturated rings. The molecule has 0 unspecified atom stereocenters. The third kappa shape index (κ3) is 5.94. The minimum absolute atomic E-state index is 0.237. The molecule has 3 nitrogen and oxygen atoms in total. The predicted molar refractivity (Wildman–Crippen MR) is 26.4 cm³/mol. The largest absolute Gasteiger partial charge is 0.633 e. The van der Waals surface area contributed by atoms with Crippen LogP contribution in [0.25, 0.3) is 0 Å². The Hall–Kier alpha value is -0.0551. The van der Waals surface area contributed by atoms with Gasteiger partial charge in [-0.1, -0.05) is 6.90 Å². The van der Waals surface area contributed by atoms with Crippen molar-refractivity contribution in [3.8, 4) is 0 Å². The van der Waals surface area contributed by atoms with Crippen molar-refractivity contribution in [2.24, 2.45) is 0 Å². The molecule has 2 N–H and O–H groups in total. The SMILES string of the molecule is [3H]CCCOB(O)O. The Balaban J connectivity index is 2.72. The summed E-state index contributed by atoms with van der Waals surface area (Å²) in [5.74, 6) is 0. The standard InChI is InChI=1S/C3H9BO3/c1-2-3-7-4(5)6/h5-6H,2-3H2,1H3/i1T. The summed E-state index contributed by atoms with van der Waals surface area (Å²) in [5.41, 5.74) is 0. The average Bonchev–Trinajstić information content (AvgIpc) is 1.66. The zero-order valence-corrected chi connectivity index (χ0v) is 4.00. The van der Waals surface area contributed by atoms with Crippen molar-refractivity contribution in [1.82, 2.24) is 0 Å². The first-order chi connectivity index (χ1) is 3.77. The Labute approximate surface area is 44.5 Å². The van der Waals surface area contributed by atoms with Crippen LogP contribution in [-0.4, -0.2) is 24.0 Å². The fourth-order valence-electron chi connectivity index (χ4n) is 0.189. The lowest BCUT2D eigenvalue weighted by Gasteiger charge is -1.95. The summed E-state index contributed by atoms with van der Waals surface area (Å²) in [5, 5.41) is 16.1. The zero-order valence-electron chi connectivity index (χ0n) is 5.00. The van der Waals surface area contributed by atoms with E-state index in [1.807, 2.05) is 0 Å². The minimum atomic E-state index is -1.68. The maximum absolute atomic E-state index is 8.05. The normalized spacial score (nSPS) is 10.9. The van der Waals surface area contributed by atoms with Crippen LogP contribution < -0.4 is 0 Å². The van der Waals surface area contributed by atoms with Gasteiger partial charge < -0.3 is 14.7 Å². The highest BCUT2D eigenvalue weighted by Crippen LogP contribution is 1.78. The highest BCUT2D eigenvalue weighted by Gasteiger charge is 2.04. The van der Waals surface area contributed by atoms with Crippen LogP contribution in [0.3, 0.4) is 0 Å². The summed E-state index contributed by atoms with van der Waals surface area (Å²) in [6, 6.07) is 0. The molecule has 0 amide bonds. The van der Waals surface area contributed by atoms with Gasteiger partial charge in [-0.25, -0.2) is 0 Å². The summed E-state index contributed by atoms with van der Waals surface area (Å²) >= 11 is 0. The Bertz CT molecular complexity index is 51.8. The number of rotatable bonds is 3. The van der Waals surface area contributed by atoms with E-state index in [1.165, 1.54) is 0 Å². The van der Waals surface area contributed by atoms with E-state index in [9.17, 15) is 0 Å². The second kappa shape index (κ2) is 4.11. The van der Waals surface area contributed by atoms with Gasteiger partial charge in [-0.05, 0) is 6.42 Å². The first kappa shape index (κ1) is 5.09. The Morgan fingerprint density at radius 3 is 3.00 bits per heavy atom. The van der Waals surface area contributed by atoms with Crippen LogP contribution in [0.5, 0.6) is 0 Å². The molecule has 0 atom stereocenters. The van der Waals surface area contributed by atoms with Crippen LogP contribution in [0.15, 0.2) is 0 Å². The molecule has 0 aliphatic heterocycles. The van der Waals surface area contributed by atoms with E-state index in [-0.39, 0.29) is 13.5 Å². The molecule has 0 rings (SSSR count). The second-order valence-electron chi connectivity index (χ2n) is 1.05. The first-order valence-electron chi connectivity index (χ1n) is 2.75. The van der Waals surface area contributed by atoms with E-state index in [0.29, 0.717) is 6.42 Å². The van der Waals surface area contributed by atoms with Crippen molar-refractivity contribution in [3.05, 3.63) is 0 Å². The average molecular weight is 106 g/mol. The van der Waals surface area contributed by atoms with Gasteiger partial charge in [0.2, 0.25) is 0 Å². The van der Waals surface area contributed by atoms with E-state index < -0.39 is 7.32 Å². The summed E-state index contributed by atoms with van der Waals surface area (Å²) in [6.45, 7) is 0.494. The molecule has 0 saturated heterocycles. The van der Waals surface area contributed by atoms with E-state index in [2.05, 4.69) is 4.65 Å². The van der Waals surface area contributed by atoms with Gasteiger partial charge >= 0.3 is 7.32 Å². The van der Waals surface area contributed by atoms with Crippen molar-refractivity contribution in [3.63, 3.8) is 0 Å². The molecule has 4 heteroatoms. The molecular formula is C3H9BO3. The van der Waals surface area contributed by atoms with Gasteiger partial charge in [0.05, 0.1) is 0 Å². The summed E-state index contributed by atoms with van der Waals surface area (Å²) in [6.07, 6.45) is 0.539. The van der Waals surface area contributed by atoms with Crippen LogP contribution >= 0.6 is 0 Å². The summed E-state index contributed by atoms with van der Waals surface area (Å²) < 4.78 is 10.9. The van der Waals surface area contributed by atoms with Gasteiger partial charge in [0.25, 0.3) is 0 Å². The van der Waals surface area contributed by atoms with E-state index >= 15 is 0 Å². The third-order valence-electron chi connectivity index (χ3n) is 0.411. The third-order valence-corrected chi connectivity index (χ3v) is 0.411. The van der Waals surface area contributed by atoms with E-state index in [0.717, 1.165) is 0 Å². The van der Waals surface area contributed by atoms with Gasteiger partial charge in [-0.3, -0.25) is 0 Å². The lowest BCUT2D eigenvalue weighted by Crippen LogP contribution is -2.16. The fraction of sp³-hybridized carbons (Fsp3) is 1.00. The highest BCUT2D eigenvalue weighted by atomic mass is 16.6. The molecule has 0 heterocycles. The van der Waals surface area contributed by atoms with Crippen LogP contribution in [0.1, 0.15) is 14.7 Å². The maximum Gasteiger partial charge on any atom is 0.633 e. The Morgan fingerprint density at radius 1 is 1.86 bits per heavy atom. The van der Waals surface area contributed by atoms with Crippen molar-refractivity contribution in [1.29, 1.82) is 0 Å². The van der Waals surface area contributed by atoms with Crippen molar-refractivity contribution in [2.45, 2.75) is 13.3 Å². The second-order valence-corrected chi connectivity index (χ2v) is 1.05. The molecule has 0 aromatic carbocycles.